The van der Waals surface area contributed by atoms with Crippen LogP contribution in [-0.2, 0) is 10.2 Å². The maximum absolute atomic E-state index is 12.4. The molecular weight excluding hydrogens is 290 g/mol. The van der Waals surface area contributed by atoms with Gasteiger partial charge in [0.2, 0.25) is 0 Å². The second-order valence-corrected chi connectivity index (χ2v) is 7.18. The van der Waals surface area contributed by atoms with Crippen LogP contribution < -0.4 is 10.1 Å². The minimum absolute atomic E-state index is 0.334. The first-order valence-electron chi connectivity index (χ1n) is 7.12. The fraction of sp³-hybridized carbons (Fsp3) is 0.571. The number of nitrogens with zero attached hydrogens (tertiary/aromatic N) is 2. The van der Waals surface area contributed by atoms with Crippen LogP contribution in [0.4, 0.5) is 0 Å². The van der Waals surface area contributed by atoms with Crippen LogP contribution in [0.5, 0.6) is 5.75 Å². The Hall–Kier alpha value is -1.15. The van der Waals surface area contributed by atoms with Gasteiger partial charge in [-0.25, -0.2) is 0 Å². The van der Waals surface area contributed by atoms with E-state index in [1.807, 2.05) is 31.2 Å². The molecule has 1 N–H and O–H groups in total. The average Bonchev–Trinajstić information content (AvgIpc) is 2.48. The molecule has 0 atom stereocenters. The van der Waals surface area contributed by atoms with Gasteiger partial charge in [-0.15, -0.1) is 0 Å². The Kier molecular flexibility index (Phi) is 5.58. The first-order chi connectivity index (χ1) is 10.00. The first kappa shape index (κ1) is 16.2. The third-order valence-electron chi connectivity index (χ3n) is 3.46. The van der Waals surface area contributed by atoms with Crippen LogP contribution in [-0.4, -0.2) is 63.4 Å². The van der Waals surface area contributed by atoms with E-state index in [0.29, 0.717) is 39.3 Å². The molecule has 7 heteroatoms. The van der Waals surface area contributed by atoms with Crippen molar-refractivity contribution < 1.29 is 13.2 Å². The fourth-order valence-electron chi connectivity index (χ4n) is 2.18. The van der Waals surface area contributed by atoms with E-state index in [1.165, 1.54) is 8.61 Å². The molecule has 2 rings (SSSR count). The Labute approximate surface area is 126 Å². The molecule has 0 radical (unpaired) electrons. The number of benzene rings is 1. The highest BCUT2D eigenvalue weighted by Gasteiger charge is 2.27. The summed E-state index contributed by atoms with van der Waals surface area (Å²) in [4.78, 5) is 0. The molecule has 118 valence electrons. The number of ether oxygens (including phenoxy) is 1. The second-order valence-electron chi connectivity index (χ2n) is 5.14. The molecule has 6 nitrogen and oxygen atoms in total. The Morgan fingerprint density at radius 2 is 2.05 bits per heavy atom. The Bertz CT molecular complexity index is 556. The van der Waals surface area contributed by atoms with Crippen molar-refractivity contribution in [3.8, 4) is 5.75 Å². The van der Waals surface area contributed by atoms with Crippen LogP contribution in [0.15, 0.2) is 24.3 Å². The largest absolute Gasteiger partial charge is 0.492 e. The summed E-state index contributed by atoms with van der Waals surface area (Å²) in [7, 11) is -1.78. The van der Waals surface area contributed by atoms with Crippen LogP contribution >= 0.6 is 0 Å². The van der Waals surface area contributed by atoms with Crippen LogP contribution in [0.2, 0.25) is 0 Å². The van der Waals surface area contributed by atoms with Crippen LogP contribution in [0, 0.1) is 6.92 Å². The van der Waals surface area contributed by atoms with E-state index in [2.05, 4.69) is 5.32 Å². The van der Waals surface area contributed by atoms with Gasteiger partial charge in [0, 0.05) is 39.8 Å². The molecule has 0 amide bonds. The topological polar surface area (TPSA) is 61.9 Å². The van der Waals surface area contributed by atoms with Crippen molar-refractivity contribution in [2.75, 3.05) is 46.4 Å². The standard InChI is InChI=1S/C14H23N3O3S/c1-13-4-3-5-14(12-13)20-11-10-16(2)21(18,19)17-8-6-15-7-9-17/h3-5,12,15H,6-11H2,1-2H3. The lowest BCUT2D eigenvalue weighted by molar-refractivity contribution is 0.271. The van der Waals surface area contributed by atoms with Gasteiger partial charge in [-0.2, -0.15) is 17.0 Å². The van der Waals surface area contributed by atoms with E-state index in [-0.39, 0.29) is 0 Å². The van der Waals surface area contributed by atoms with Gasteiger partial charge in [0.15, 0.2) is 0 Å². The van der Waals surface area contributed by atoms with Gasteiger partial charge >= 0.3 is 0 Å². The molecule has 0 aliphatic carbocycles. The zero-order valence-corrected chi connectivity index (χ0v) is 13.4. The Morgan fingerprint density at radius 3 is 2.71 bits per heavy atom. The number of likely N-dealkylation sites (N-methyl/N-ethyl adjacent to an activating group) is 1. The molecule has 1 aromatic rings. The number of hydrogen-bond acceptors (Lipinski definition) is 4. The van der Waals surface area contributed by atoms with Gasteiger partial charge in [-0.3, -0.25) is 0 Å². The molecule has 1 heterocycles. The van der Waals surface area contributed by atoms with Crippen molar-refractivity contribution in [1.82, 2.24) is 13.9 Å². The number of nitrogens with one attached hydrogen (secondary N) is 1. The SMILES string of the molecule is Cc1cccc(OCCN(C)S(=O)(=O)N2CCNCC2)c1. The molecule has 0 aromatic heterocycles. The van der Waals surface area contributed by atoms with Gasteiger partial charge in [-0.05, 0) is 24.6 Å². The molecule has 0 saturated carbocycles. The summed E-state index contributed by atoms with van der Waals surface area (Å²) in [6.07, 6.45) is 0. The number of piperazine rings is 1. The molecule has 1 aliphatic rings. The van der Waals surface area contributed by atoms with E-state index >= 15 is 0 Å². The smallest absolute Gasteiger partial charge is 0.281 e. The van der Waals surface area contributed by atoms with Crippen LogP contribution in [0.3, 0.4) is 0 Å². The van der Waals surface area contributed by atoms with Crippen molar-refractivity contribution >= 4 is 10.2 Å². The fourth-order valence-corrected chi connectivity index (χ4v) is 3.53. The summed E-state index contributed by atoms with van der Waals surface area (Å²) < 4.78 is 33.2. The average molecular weight is 313 g/mol. The molecular formula is C14H23N3O3S. The summed E-state index contributed by atoms with van der Waals surface area (Å²) in [5.41, 5.74) is 1.12. The third-order valence-corrected chi connectivity index (χ3v) is 5.45. The molecule has 21 heavy (non-hydrogen) atoms. The molecule has 1 aliphatic heterocycles. The molecule has 0 spiro atoms. The van der Waals surface area contributed by atoms with E-state index in [1.54, 1.807) is 7.05 Å². The number of aryl methyl sites for hydroxylation is 1. The maximum Gasteiger partial charge on any atom is 0.281 e. The first-order valence-corrected chi connectivity index (χ1v) is 8.51. The van der Waals surface area contributed by atoms with E-state index in [9.17, 15) is 8.42 Å². The van der Waals surface area contributed by atoms with Crippen molar-refractivity contribution in [2.45, 2.75) is 6.92 Å². The Morgan fingerprint density at radius 1 is 1.33 bits per heavy atom. The van der Waals surface area contributed by atoms with E-state index in [4.69, 9.17) is 4.74 Å². The van der Waals surface area contributed by atoms with Crippen molar-refractivity contribution in [2.24, 2.45) is 0 Å². The zero-order chi connectivity index (χ0) is 15.3. The number of rotatable bonds is 6. The highest BCUT2D eigenvalue weighted by molar-refractivity contribution is 7.86. The third kappa shape index (κ3) is 4.41. The lowest BCUT2D eigenvalue weighted by Crippen LogP contribution is -2.51. The highest BCUT2D eigenvalue weighted by Crippen LogP contribution is 2.13. The predicted molar refractivity (Wildman–Crippen MR) is 82.7 cm³/mol. The lowest BCUT2D eigenvalue weighted by Gasteiger charge is -2.30. The van der Waals surface area contributed by atoms with Crippen molar-refractivity contribution in [1.29, 1.82) is 0 Å². The summed E-state index contributed by atoms with van der Waals surface area (Å²) in [5.74, 6) is 0.767. The van der Waals surface area contributed by atoms with E-state index in [0.717, 1.165) is 11.3 Å². The minimum atomic E-state index is -3.38. The van der Waals surface area contributed by atoms with Crippen LogP contribution in [0.25, 0.3) is 0 Å². The summed E-state index contributed by atoms with van der Waals surface area (Å²) in [6.45, 7) is 5.11. The Balaban J connectivity index is 1.84. The summed E-state index contributed by atoms with van der Waals surface area (Å²) in [6, 6.07) is 7.72. The van der Waals surface area contributed by atoms with Crippen molar-refractivity contribution in [3.63, 3.8) is 0 Å². The predicted octanol–water partition coefficient (Wildman–Crippen LogP) is 0.456. The van der Waals surface area contributed by atoms with Gasteiger partial charge in [-0.1, -0.05) is 12.1 Å². The summed E-state index contributed by atoms with van der Waals surface area (Å²) in [5, 5.41) is 3.15. The monoisotopic (exact) mass is 313 g/mol. The molecule has 1 saturated heterocycles. The van der Waals surface area contributed by atoms with Gasteiger partial charge in [0.1, 0.15) is 12.4 Å². The molecule has 1 aromatic carbocycles. The van der Waals surface area contributed by atoms with Crippen molar-refractivity contribution in [3.05, 3.63) is 29.8 Å². The number of hydrogen-bond donors (Lipinski definition) is 1. The zero-order valence-electron chi connectivity index (χ0n) is 12.6. The van der Waals surface area contributed by atoms with E-state index < -0.39 is 10.2 Å². The lowest BCUT2D eigenvalue weighted by atomic mass is 10.2. The molecule has 1 fully saturated rings. The van der Waals surface area contributed by atoms with Gasteiger partial charge < -0.3 is 10.1 Å². The highest BCUT2D eigenvalue weighted by atomic mass is 32.2. The molecule has 0 bridgehead atoms. The minimum Gasteiger partial charge on any atom is -0.492 e. The van der Waals surface area contributed by atoms with Gasteiger partial charge in [0.05, 0.1) is 0 Å². The quantitative estimate of drug-likeness (QED) is 0.829. The summed E-state index contributed by atoms with van der Waals surface area (Å²) >= 11 is 0. The molecule has 0 unspecified atom stereocenters. The van der Waals surface area contributed by atoms with Crippen LogP contribution in [0.1, 0.15) is 5.56 Å². The maximum atomic E-state index is 12.4. The van der Waals surface area contributed by atoms with Gasteiger partial charge in [0.25, 0.3) is 10.2 Å². The normalized spacial score (nSPS) is 17.1. The second kappa shape index (κ2) is 7.22.